The molecule has 110 valence electrons. The second-order valence-electron chi connectivity index (χ2n) is 5.28. The van der Waals surface area contributed by atoms with E-state index in [2.05, 4.69) is 11.9 Å². The molecule has 0 amide bonds. The van der Waals surface area contributed by atoms with Gasteiger partial charge in [0, 0.05) is 18.8 Å². The molecular weight excluding hydrogens is 280 g/mol. The average molecular weight is 298 g/mol. The van der Waals surface area contributed by atoms with Crippen molar-refractivity contribution in [2.45, 2.75) is 37.8 Å². The molecule has 0 aliphatic carbocycles. The minimum atomic E-state index is -3.65. The summed E-state index contributed by atoms with van der Waals surface area (Å²) in [6, 6.07) is 2.45. The first-order valence-electron chi connectivity index (χ1n) is 6.53. The molecule has 1 aliphatic rings. The van der Waals surface area contributed by atoms with Crippen LogP contribution in [0.5, 0.6) is 0 Å². The number of carbonyl (C=O) groups is 1. The summed E-state index contributed by atoms with van der Waals surface area (Å²) in [6.45, 7) is 4.48. The van der Waals surface area contributed by atoms with Crippen LogP contribution in [0.3, 0.4) is 0 Å². The van der Waals surface area contributed by atoms with Crippen molar-refractivity contribution in [1.29, 1.82) is 0 Å². The smallest absolute Gasteiger partial charge is 0.337 e. The summed E-state index contributed by atoms with van der Waals surface area (Å²) in [5, 5.41) is 8.70. The number of carboxylic acids is 1. The molecule has 0 bridgehead atoms. The number of carboxylic acid groups (broad SMARTS) is 1. The van der Waals surface area contributed by atoms with Gasteiger partial charge in [-0.3, -0.25) is 0 Å². The predicted octanol–water partition coefficient (Wildman–Crippen LogP) is 1.59. The first-order valence-corrected chi connectivity index (χ1v) is 7.97. The molecule has 1 fully saturated rings. The Morgan fingerprint density at radius 2 is 2.10 bits per heavy atom. The number of hydrogen-bond acceptors (Lipinski definition) is 4. The summed E-state index contributed by atoms with van der Waals surface area (Å²) in [7, 11) is -3.65. The van der Waals surface area contributed by atoms with Crippen LogP contribution in [0.25, 0.3) is 0 Å². The Balaban J connectivity index is 2.28. The van der Waals surface area contributed by atoms with Crippen LogP contribution in [-0.2, 0) is 10.0 Å². The molecule has 20 heavy (non-hydrogen) atoms. The van der Waals surface area contributed by atoms with Crippen LogP contribution in [0.2, 0.25) is 0 Å². The molecule has 2 rings (SSSR count). The summed E-state index contributed by atoms with van der Waals surface area (Å²) in [5.41, 5.74) is -0.0238. The lowest BCUT2D eigenvalue weighted by molar-refractivity contribution is 0.0696. The summed E-state index contributed by atoms with van der Waals surface area (Å²) in [6.07, 6.45) is 2.73. The molecular formula is C13H18N2O4S. The fourth-order valence-corrected chi connectivity index (χ4v) is 4.09. The number of sulfonamides is 1. The number of nitrogens with zero attached hydrogens (tertiary/aromatic N) is 2. The zero-order chi connectivity index (χ0) is 14.9. The monoisotopic (exact) mass is 298 g/mol. The van der Waals surface area contributed by atoms with E-state index < -0.39 is 16.0 Å². The van der Waals surface area contributed by atoms with Crippen molar-refractivity contribution in [3.05, 3.63) is 23.9 Å². The van der Waals surface area contributed by atoms with Crippen molar-refractivity contribution in [2.24, 2.45) is 5.92 Å². The molecule has 2 unspecified atom stereocenters. The molecule has 1 N–H and O–H groups in total. The molecule has 1 aromatic rings. The van der Waals surface area contributed by atoms with Gasteiger partial charge in [0.05, 0.1) is 5.56 Å². The maximum Gasteiger partial charge on any atom is 0.337 e. The Hall–Kier alpha value is -1.47. The van der Waals surface area contributed by atoms with Gasteiger partial charge in [0.15, 0.2) is 5.03 Å². The van der Waals surface area contributed by atoms with Crippen molar-refractivity contribution >= 4 is 16.0 Å². The highest BCUT2D eigenvalue weighted by atomic mass is 32.2. The maximum absolute atomic E-state index is 12.5. The van der Waals surface area contributed by atoms with E-state index in [1.54, 1.807) is 0 Å². The lowest BCUT2D eigenvalue weighted by Gasteiger charge is -2.35. The molecule has 2 atom stereocenters. The first kappa shape index (κ1) is 14.9. The van der Waals surface area contributed by atoms with Crippen LogP contribution in [0.4, 0.5) is 0 Å². The highest BCUT2D eigenvalue weighted by Gasteiger charge is 2.34. The number of pyridine rings is 1. The number of piperidine rings is 1. The van der Waals surface area contributed by atoms with Crippen molar-refractivity contribution in [2.75, 3.05) is 6.54 Å². The zero-order valence-electron chi connectivity index (χ0n) is 11.5. The summed E-state index contributed by atoms with van der Waals surface area (Å²) in [5.74, 6) is -0.611. The topological polar surface area (TPSA) is 87.6 Å². The third-order valence-corrected chi connectivity index (χ3v) is 5.56. The Labute approximate surface area is 118 Å². The van der Waals surface area contributed by atoms with Crippen LogP contribution in [0.1, 0.15) is 37.0 Å². The van der Waals surface area contributed by atoms with E-state index in [1.165, 1.54) is 16.4 Å². The van der Waals surface area contributed by atoms with Crippen LogP contribution >= 0.6 is 0 Å². The standard InChI is InChI=1S/C13H18N2O4S/c1-9-5-6-15(10(2)7-9)20(18,19)12-4-3-11(8-14-12)13(16)17/h3-4,8-10H,5-7H2,1-2H3,(H,16,17). The number of aromatic nitrogens is 1. The lowest BCUT2D eigenvalue weighted by atomic mass is 9.95. The molecule has 1 aromatic heterocycles. The predicted molar refractivity (Wildman–Crippen MR) is 72.9 cm³/mol. The second-order valence-corrected chi connectivity index (χ2v) is 7.12. The Bertz CT molecular complexity index is 597. The molecule has 0 aromatic carbocycles. The number of hydrogen-bond donors (Lipinski definition) is 1. The van der Waals surface area contributed by atoms with E-state index in [0.717, 1.165) is 19.0 Å². The van der Waals surface area contributed by atoms with Gasteiger partial charge in [0.1, 0.15) is 0 Å². The van der Waals surface area contributed by atoms with E-state index in [-0.39, 0.29) is 16.6 Å². The average Bonchev–Trinajstić information content (AvgIpc) is 2.38. The van der Waals surface area contributed by atoms with E-state index in [4.69, 9.17) is 5.11 Å². The van der Waals surface area contributed by atoms with E-state index in [1.807, 2.05) is 6.92 Å². The third-order valence-electron chi connectivity index (χ3n) is 3.63. The van der Waals surface area contributed by atoms with Gasteiger partial charge < -0.3 is 5.11 Å². The van der Waals surface area contributed by atoms with E-state index in [0.29, 0.717) is 12.5 Å². The largest absolute Gasteiger partial charge is 0.478 e. The lowest BCUT2D eigenvalue weighted by Crippen LogP contribution is -2.44. The van der Waals surface area contributed by atoms with Gasteiger partial charge in [-0.05, 0) is 37.8 Å². The van der Waals surface area contributed by atoms with Crippen molar-refractivity contribution < 1.29 is 18.3 Å². The first-order chi connectivity index (χ1) is 9.32. The number of aromatic carboxylic acids is 1. The zero-order valence-corrected chi connectivity index (χ0v) is 12.3. The highest BCUT2D eigenvalue weighted by Crippen LogP contribution is 2.27. The van der Waals surface area contributed by atoms with Crippen LogP contribution in [-0.4, -0.2) is 41.4 Å². The van der Waals surface area contributed by atoms with E-state index in [9.17, 15) is 13.2 Å². The Kier molecular flexibility index (Phi) is 4.10. The molecule has 1 aliphatic heterocycles. The highest BCUT2D eigenvalue weighted by molar-refractivity contribution is 7.89. The Morgan fingerprint density at radius 1 is 1.40 bits per heavy atom. The van der Waals surface area contributed by atoms with Gasteiger partial charge in [0.25, 0.3) is 10.0 Å². The number of rotatable bonds is 3. The summed E-state index contributed by atoms with van der Waals surface area (Å²) < 4.78 is 26.5. The van der Waals surface area contributed by atoms with Crippen molar-refractivity contribution in [1.82, 2.24) is 9.29 Å². The van der Waals surface area contributed by atoms with Gasteiger partial charge in [-0.2, -0.15) is 4.31 Å². The fourth-order valence-electron chi connectivity index (χ4n) is 2.52. The summed E-state index contributed by atoms with van der Waals surface area (Å²) >= 11 is 0. The normalized spacial score (nSPS) is 24.5. The van der Waals surface area contributed by atoms with Gasteiger partial charge in [-0.25, -0.2) is 18.2 Å². The SMILES string of the molecule is CC1CCN(S(=O)(=O)c2ccc(C(=O)O)cn2)C(C)C1. The minimum absolute atomic E-state index is 0.0238. The second kappa shape index (κ2) is 5.49. The molecule has 2 heterocycles. The third kappa shape index (κ3) is 2.83. The van der Waals surface area contributed by atoms with Crippen molar-refractivity contribution in [3.63, 3.8) is 0 Å². The van der Waals surface area contributed by atoms with Gasteiger partial charge in [-0.15, -0.1) is 0 Å². The molecule has 7 heteroatoms. The van der Waals surface area contributed by atoms with E-state index >= 15 is 0 Å². The van der Waals surface area contributed by atoms with Gasteiger partial charge in [-0.1, -0.05) is 6.92 Å². The minimum Gasteiger partial charge on any atom is -0.478 e. The molecule has 6 nitrogen and oxygen atoms in total. The van der Waals surface area contributed by atoms with Crippen LogP contribution in [0.15, 0.2) is 23.4 Å². The molecule has 0 spiro atoms. The Morgan fingerprint density at radius 3 is 2.60 bits per heavy atom. The van der Waals surface area contributed by atoms with Crippen LogP contribution in [0, 0.1) is 5.92 Å². The van der Waals surface area contributed by atoms with Crippen LogP contribution < -0.4 is 0 Å². The van der Waals surface area contributed by atoms with Crippen molar-refractivity contribution in [3.8, 4) is 0 Å². The molecule has 0 radical (unpaired) electrons. The molecule has 1 saturated heterocycles. The van der Waals surface area contributed by atoms with Gasteiger partial charge >= 0.3 is 5.97 Å². The van der Waals surface area contributed by atoms with Gasteiger partial charge in [0.2, 0.25) is 0 Å². The fraction of sp³-hybridized carbons (Fsp3) is 0.538. The summed E-state index contributed by atoms with van der Waals surface area (Å²) in [4.78, 5) is 14.5. The quantitative estimate of drug-likeness (QED) is 0.915. The maximum atomic E-state index is 12.5. The molecule has 0 saturated carbocycles.